The Balaban J connectivity index is -0.0000000315. The fourth-order valence-electron chi connectivity index (χ4n) is 0.0544. The second-order valence-corrected chi connectivity index (χ2v) is 2.08. The average Bonchev–Trinajstić information content (AvgIpc) is 1.93. The van der Waals surface area contributed by atoms with Crippen molar-refractivity contribution in [3.8, 4) is 0 Å². The molecule has 0 saturated carbocycles. The molecule has 0 fully saturated rings. The van der Waals surface area contributed by atoms with E-state index in [1.165, 1.54) is 0 Å². The molecule has 0 heterocycles. The van der Waals surface area contributed by atoms with Crippen LogP contribution in [0.2, 0.25) is 0 Å². The zero-order valence-electron chi connectivity index (χ0n) is 7.76. The number of hydrogen-bond acceptors (Lipinski definition) is 5. The summed E-state index contributed by atoms with van der Waals surface area (Å²) in [6, 6.07) is 0. The summed E-state index contributed by atoms with van der Waals surface area (Å²) in [5.74, 6) is 0. The Hall–Kier alpha value is 1.56. The van der Waals surface area contributed by atoms with Gasteiger partial charge in [0.2, 0.25) is 0 Å². The van der Waals surface area contributed by atoms with Gasteiger partial charge in [0.1, 0.15) is 4.31 Å². The summed E-state index contributed by atoms with van der Waals surface area (Å²) >= 11 is 0. The van der Waals surface area contributed by atoms with Crippen molar-refractivity contribution in [2.75, 3.05) is 0 Å². The van der Waals surface area contributed by atoms with Gasteiger partial charge in [-0.25, -0.2) is 0 Å². The fraction of sp³-hybridized carbons (Fsp3) is 0. The van der Waals surface area contributed by atoms with Gasteiger partial charge in [-0.05, 0) is 9.13 Å². The van der Waals surface area contributed by atoms with Gasteiger partial charge in [0.05, 0.1) is 0 Å². The molecule has 0 amide bonds. The van der Waals surface area contributed by atoms with Crippen molar-refractivity contribution in [2.24, 2.45) is 0 Å². The third kappa shape index (κ3) is 58.6. The molecule has 0 rings (SSSR count). The summed E-state index contributed by atoms with van der Waals surface area (Å²) in [6.45, 7) is 12.0. The van der Waals surface area contributed by atoms with Gasteiger partial charge in [-0.3, -0.25) is 0 Å². The first kappa shape index (κ1) is 29.3. The van der Waals surface area contributed by atoms with Crippen LogP contribution in [0.4, 0.5) is 0 Å². The molecule has 0 aliphatic carbocycles. The van der Waals surface area contributed by atoms with Crippen molar-refractivity contribution in [3.63, 3.8) is 0 Å². The van der Waals surface area contributed by atoms with Gasteiger partial charge < -0.3 is 9.79 Å². The minimum absolute atomic E-state index is 0. The zero-order chi connectivity index (χ0) is 9.86. The minimum Gasteiger partial charge on any atom is -0.563 e. The van der Waals surface area contributed by atoms with Crippen LogP contribution in [0, 0.1) is 0 Å². The van der Waals surface area contributed by atoms with Crippen molar-refractivity contribution >= 4 is 16.5 Å². The van der Waals surface area contributed by atoms with E-state index in [4.69, 9.17) is 0 Å². The normalized spacial score (nSPS) is 7.85. The van der Waals surface area contributed by atoms with Crippen LogP contribution in [-0.4, -0.2) is 0 Å². The molecule has 5 nitrogen and oxygen atoms in total. The van der Waals surface area contributed by atoms with Gasteiger partial charge in [-0.1, -0.05) is 0 Å². The Morgan fingerprint density at radius 1 is 0.846 bits per heavy atom. The van der Waals surface area contributed by atoms with Crippen LogP contribution in [-0.2, 0) is 13.4 Å². The van der Waals surface area contributed by atoms with Gasteiger partial charge in [0.15, 0.2) is 0 Å². The van der Waals surface area contributed by atoms with Crippen molar-refractivity contribution in [3.05, 3.63) is 26.3 Å². The molecule has 0 spiro atoms. The van der Waals surface area contributed by atoms with E-state index in [1.54, 1.807) is 0 Å². The molecule has 0 N–H and O–H groups in total. The van der Waals surface area contributed by atoms with Gasteiger partial charge >= 0.3 is 75.6 Å². The van der Waals surface area contributed by atoms with E-state index in [-0.39, 0.29) is 59.1 Å². The molecule has 0 radical (unpaired) electrons. The summed E-state index contributed by atoms with van der Waals surface area (Å²) in [6.07, 6.45) is 0. The Labute approximate surface area is 124 Å². The summed E-state index contributed by atoms with van der Waals surface area (Å²) in [5.41, 5.74) is 0. The zero-order valence-corrected chi connectivity index (χ0v) is 13.6. The molecule has 0 aliphatic heterocycles. The maximum atomic E-state index is 9.24. The van der Waals surface area contributed by atoms with E-state index in [0.717, 1.165) is 0 Å². The van der Waals surface area contributed by atoms with Crippen LogP contribution >= 0.6 is 16.5 Å². The summed E-state index contributed by atoms with van der Waals surface area (Å²) in [4.78, 5) is 18.5. The molecular formula is C4H8Na2O5P2+2. The Bertz CT molecular complexity index is 120. The molecule has 0 aromatic rings. The minimum atomic E-state index is -3.24. The first-order valence-corrected chi connectivity index (χ1v) is 4.29. The van der Waals surface area contributed by atoms with Crippen LogP contribution in [0.25, 0.3) is 0 Å². The maximum Gasteiger partial charge on any atom is 1.00 e. The second kappa shape index (κ2) is 29.2. The molecule has 2 atom stereocenters. The van der Waals surface area contributed by atoms with Gasteiger partial charge in [0, 0.05) is 0 Å². The van der Waals surface area contributed by atoms with Gasteiger partial charge in [0.25, 0.3) is 0 Å². The Kier molecular flexibility index (Phi) is 65.8. The molecule has 13 heavy (non-hydrogen) atoms. The summed E-state index contributed by atoms with van der Waals surface area (Å²) in [5, 5.41) is 0. The molecule has 2 unspecified atom stereocenters. The monoisotopic (exact) mass is 244 g/mol. The maximum absolute atomic E-state index is 9.24. The van der Waals surface area contributed by atoms with E-state index >= 15 is 0 Å². The second-order valence-electron chi connectivity index (χ2n) is 0.529. The first-order chi connectivity index (χ1) is 5.13. The quantitative estimate of drug-likeness (QED) is 0.275. The third-order valence-corrected chi connectivity index (χ3v) is 1.20. The predicted octanol–water partition coefficient (Wildman–Crippen LogP) is -5.35. The van der Waals surface area contributed by atoms with Crippen LogP contribution in [0.1, 0.15) is 0 Å². The van der Waals surface area contributed by atoms with Crippen LogP contribution in [0.3, 0.4) is 0 Å². The standard InChI is InChI=1S/2C2H4.2Na.O5P2/c2*1-2;;;1-6(2)5-7(3)4/h2*1-2H2;;;/q;;2*+1;. The van der Waals surface area contributed by atoms with Crippen molar-refractivity contribution in [1.29, 1.82) is 0 Å². The number of hydrogen-bond donors (Lipinski definition) is 0. The van der Waals surface area contributed by atoms with Crippen LogP contribution in [0.15, 0.2) is 26.3 Å². The van der Waals surface area contributed by atoms with E-state index in [0.29, 0.717) is 0 Å². The van der Waals surface area contributed by atoms with Crippen LogP contribution < -0.4 is 68.9 Å². The van der Waals surface area contributed by atoms with Gasteiger partial charge in [-0.2, -0.15) is 0 Å². The Morgan fingerprint density at radius 3 is 1.00 bits per heavy atom. The summed E-state index contributed by atoms with van der Waals surface area (Å²) in [7, 11) is -6.47. The number of rotatable bonds is 2. The molecular weight excluding hydrogens is 236 g/mol. The summed E-state index contributed by atoms with van der Waals surface area (Å²) < 4.78 is 21.6. The van der Waals surface area contributed by atoms with Crippen molar-refractivity contribution in [2.45, 2.75) is 0 Å². The van der Waals surface area contributed by atoms with E-state index in [2.05, 4.69) is 30.6 Å². The van der Waals surface area contributed by atoms with Crippen LogP contribution in [0.5, 0.6) is 0 Å². The van der Waals surface area contributed by atoms with E-state index in [1.807, 2.05) is 0 Å². The molecule has 64 valence electrons. The Morgan fingerprint density at radius 2 is 1.00 bits per heavy atom. The molecule has 0 bridgehead atoms. The topological polar surface area (TPSA) is 89.5 Å². The molecule has 0 saturated heterocycles. The molecule has 9 heteroatoms. The molecule has 0 aromatic carbocycles. The van der Waals surface area contributed by atoms with Crippen molar-refractivity contribution < 1.29 is 82.3 Å². The molecule has 0 aliphatic rings. The van der Waals surface area contributed by atoms with E-state index in [9.17, 15) is 18.9 Å². The predicted molar refractivity (Wildman–Crippen MR) is 38.8 cm³/mol. The largest absolute Gasteiger partial charge is 1.00 e. The SMILES string of the molecule is C=C.C=C.O=[P+]([O-])O[P+](=O)[O-].[Na+].[Na+]. The van der Waals surface area contributed by atoms with E-state index < -0.39 is 16.5 Å². The third-order valence-electron chi connectivity index (χ3n) is 0.133. The average molecular weight is 244 g/mol. The smallest absolute Gasteiger partial charge is 0.563 e. The van der Waals surface area contributed by atoms with Crippen molar-refractivity contribution in [1.82, 2.24) is 0 Å². The first-order valence-electron chi connectivity index (χ1n) is 2.10. The fourth-order valence-corrected chi connectivity index (χ4v) is 0.490. The molecule has 0 aromatic heterocycles. The van der Waals surface area contributed by atoms with Gasteiger partial charge in [-0.15, -0.1) is 26.3 Å².